The monoisotopic (exact) mass is 297 g/mol. The SMILES string of the molecule is O=C(OCc1ccccc1)[C@@H]1COC(c2ccccc2O)=N1. The van der Waals surface area contributed by atoms with Crippen molar-refractivity contribution in [3.63, 3.8) is 0 Å². The van der Waals surface area contributed by atoms with E-state index in [1.165, 1.54) is 0 Å². The van der Waals surface area contributed by atoms with Crippen molar-refractivity contribution in [2.24, 2.45) is 4.99 Å². The maximum absolute atomic E-state index is 12.0. The summed E-state index contributed by atoms with van der Waals surface area (Å²) < 4.78 is 10.6. The van der Waals surface area contributed by atoms with E-state index in [2.05, 4.69) is 4.99 Å². The predicted molar refractivity (Wildman–Crippen MR) is 80.6 cm³/mol. The maximum Gasteiger partial charge on any atom is 0.334 e. The molecule has 2 aromatic rings. The van der Waals surface area contributed by atoms with Gasteiger partial charge in [0, 0.05) is 0 Å². The van der Waals surface area contributed by atoms with Gasteiger partial charge in [0.1, 0.15) is 19.0 Å². The lowest BCUT2D eigenvalue weighted by molar-refractivity contribution is -0.146. The summed E-state index contributed by atoms with van der Waals surface area (Å²) in [6.45, 7) is 0.328. The Morgan fingerprint density at radius 1 is 1.18 bits per heavy atom. The number of hydrogen-bond donors (Lipinski definition) is 1. The Labute approximate surface area is 127 Å². The minimum Gasteiger partial charge on any atom is -0.507 e. The molecule has 5 nitrogen and oxygen atoms in total. The number of ether oxygens (including phenoxy) is 2. The van der Waals surface area contributed by atoms with Crippen LogP contribution in [-0.4, -0.2) is 29.6 Å². The second kappa shape index (κ2) is 6.30. The first-order valence-electron chi connectivity index (χ1n) is 6.93. The van der Waals surface area contributed by atoms with Crippen LogP contribution in [0.5, 0.6) is 5.75 Å². The van der Waals surface area contributed by atoms with E-state index in [0.717, 1.165) is 5.56 Å². The molecule has 1 aliphatic rings. The Balaban J connectivity index is 1.64. The molecule has 0 radical (unpaired) electrons. The third kappa shape index (κ3) is 3.09. The summed E-state index contributed by atoms with van der Waals surface area (Å²) in [5.41, 5.74) is 1.39. The third-order valence-corrected chi connectivity index (χ3v) is 3.28. The number of hydrogen-bond acceptors (Lipinski definition) is 5. The van der Waals surface area contributed by atoms with Gasteiger partial charge in [-0.05, 0) is 17.7 Å². The summed E-state index contributed by atoms with van der Waals surface area (Å²) in [5.74, 6) is -0.103. The van der Waals surface area contributed by atoms with E-state index < -0.39 is 12.0 Å². The molecule has 5 heteroatoms. The van der Waals surface area contributed by atoms with Crippen LogP contribution in [-0.2, 0) is 20.9 Å². The molecule has 1 aliphatic heterocycles. The van der Waals surface area contributed by atoms with Gasteiger partial charge >= 0.3 is 5.97 Å². The van der Waals surface area contributed by atoms with Gasteiger partial charge < -0.3 is 14.6 Å². The van der Waals surface area contributed by atoms with Gasteiger partial charge in [0.05, 0.1) is 5.56 Å². The fourth-order valence-corrected chi connectivity index (χ4v) is 2.12. The summed E-state index contributed by atoms with van der Waals surface area (Å²) in [4.78, 5) is 16.2. The lowest BCUT2D eigenvalue weighted by atomic mass is 10.2. The predicted octanol–water partition coefficient (Wildman–Crippen LogP) is 2.28. The molecule has 0 bridgehead atoms. The van der Waals surface area contributed by atoms with E-state index in [4.69, 9.17) is 9.47 Å². The highest BCUT2D eigenvalue weighted by molar-refractivity contribution is 5.99. The van der Waals surface area contributed by atoms with Gasteiger partial charge in [-0.15, -0.1) is 0 Å². The smallest absolute Gasteiger partial charge is 0.334 e. The highest BCUT2D eigenvalue weighted by atomic mass is 16.5. The maximum atomic E-state index is 12.0. The molecule has 1 N–H and O–H groups in total. The normalized spacial score (nSPS) is 16.7. The van der Waals surface area contributed by atoms with Gasteiger partial charge in [0.25, 0.3) is 0 Å². The van der Waals surface area contributed by atoms with Crippen LogP contribution in [0.15, 0.2) is 59.6 Å². The molecule has 112 valence electrons. The summed E-state index contributed by atoms with van der Waals surface area (Å²) in [5, 5.41) is 9.77. The van der Waals surface area contributed by atoms with E-state index in [0.29, 0.717) is 5.56 Å². The number of para-hydroxylation sites is 1. The van der Waals surface area contributed by atoms with Crippen molar-refractivity contribution >= 4 is 11.9 Å². The van der Waals surface area contributed by atoms with Crippen LogP contribution in [0.25, 0.3) is 0 Å². The highest BCUT2D eigenvalue weighted by Gasteiger charge is 2.28. The van der Waals surface area contributed by atoms with Crippen LogP contribution >= 0.6 is 0 Å². The largest absolute Gasteiger partial charge is 0.507 e. The van der Waals surface area contributed by atoms with Crippen molar-refractivity contribution in [2.45, 2.75) is 12.6 Å². The first-order chi connectivity index (χ1) is 10.7. The molecular weight excluding hydrogens is 282 g/mol. The van der Waals surface area contributed by atoms with Gasteiger partial charge in [-0.3, -0.25) is 0 Å². The molecule has 0 saturated heterocycles. The van der Waals surface area contributed by atoms with Crippen molar-refractivity contribution in [2.75, 3.05) is 6.61 Å². The number of aliphatic imine (C=N–C) groups is 1. The Bertz CT molecular complexity index is 697. The summed E-state index contributed by atoms with van der Waals surface area (Å²) >= 11 is 0. The number of rotatable bonds is 4. The summed E-state index contributed by atoms with van der Waals surface area (Å²) in [6, 6.07) is 15.4. The molecule has 1 atom stereocenters. The lowest BCUT2D eigenvalue weighted by Gasteiger charge is -2.06. The molecule has 0 spiro atoms. The Kier molecular flexibility index (Phi) is 4.05. The summed E-state index contributed by atoms with van der Waals surface area (Å²) in [7, 11) is 0. The lowest BCUT2D eigenvalue weighted by Crippen LogP contribution is -2.22. The number of carbonyl (C=O) groups excluding carboxylic acids is 1. The van der Waals surface area contributed by atoms with E-state index in [9.17, 15) is 9.90 Å². The molecule has 0 fully saturated rings. The first-order valence-corrected chi connectivity index (χ1v) is 6.93. The fourth-order valence-electron chi connectivity index (χ4n) is 2.12. The number of benzene rings is 2. The zero-order valence-corrected chi connectivity index (χ0v) is 11.8. The van der Waals surface area contributed by atoms with Crippen molar-refractivity contribution in [3.8, 4) is 5.75 Å². The standard InChI is InChI=1S/C17H15NO4/c19-15-9-5-4-8-13(15)16-18-14(11-21-16)17(20)22-10-12-6-2-1-3-7-12/h1-9,14,19H,10-11H2/t14-/m0/s1. The fraction of sp³-hybridized carbons (Fsp3) is 0.176. The van der Waals surface area contributed by atoms with E-state index in [1.807, 2.05) is 30.3 Å². The topological polar surface area (TPSA) is 68.1 Å². The second-order valence-electron chi connectivity index (χ2n) is 4.87. The minimum atomic E-state index is -0.696. The van der Waals surface area contributed by atoms with Crippen LogP contribution in [0.1, 0.15) is 11.1 Å². The molecule has 0 aromatic heterocycles. The first kappa shape index (κ1) is 14.1. The minimum absolute atomic E-state index is 0.0690. The van der Waals surface area contributed by atoms with E-state index in [-0.39, 0.29) is 24.9 Å². The Hall–Kier alpha value is -2.82. The van der Waals surface area contributed by atoms with Crippen LogP contribution < -0.4 is 0 Å². The molecule has 0 saturated carbocycles. The molecule has 22 heavy (non-hydrogen) atoms. The highest BCUT2D eigenvalue weighted by Crippen LogP contribution is 2.21. The Morgan fingerprint density at radius 2 is 1.91 bits per heavy atom. The van der Waals surface area contributed by atoms with Gasteiger partial charge in [-0.2, -0.15) is 0 Å². The quantitative estimate of drug-likeness (QED) is 0.879. The number of carbonyl (C=O) groups is 1. The van der Waals surface area contributed by atoms with Gasteiger partial charge in [-0.1, -0.05) is 42.5 Å². The number of esters is 1. The molecular formula is C17H15NO4. The number of phenolic OH excluding ortho intramolecular Hbond substituents is 1. The van der Waals surface area contributed by atoms with E-state index >= 15 is 0 Å². The van der Waals surface area contributed by atoms with Crippen molar-refractivity contribution < 1.29 is 19.4 Å². The molecule has 0 unspecified atom stereocenters. The van der Waals surface area contributed by atoms with Crippen molar-refractivity contribution in [3.05, 3.63) is 65.7 Å². The van der Waals surface area contributed by atoms with Crippen LogP contribution in [0.3, 0.4) is 0 Å². The average Bonchev–Trinajstić information content (AvgIpc) is 3.04. The van der Waals surface area contributed by atoms with Gasteiger partial charge in [0.2, 0.25) is 5.90 Å². The molecule has 2 aromatic carbocycles. The Morgan fingerprint density at radius 3 is 2.68 bits per heavy atom. The third-order valence-electron chi connectivity index (χ3n) is 3.28. The molecule has 0 aliphatic carbocycles. The van der Waals surface area contributed by atoms with E-state index in [1.54, 1.807) is 24.3 Å². The van der Waals surface area contributed by atoms with Crippen LogP contribution in [0.4, 0.5) is 0 Å². The zero-order chi connectivity index (χ0) is 15.4. The molecule has 1 heterocycles. The second-order valence-corrected chi connectivity index (χ2v) is 4.87. The number of phenols is 1. The van der Waals surface area contributed by atoms with Crippen molar-refractivity contribution in [1.29, 1.82) is 0 Å². The molecule has 0 amide bonds. The van der Waals surface area contributed by atoms with Crippen molar-refractivity contribution in [1.82, 2.24) is 0 Å². The average molecular weight is 297 g/mol. The number of aromatic hydroxyl groups is 1. The summed E-state index contributed by atoms with van der Waals surface area (Å²) in [6.07, 6.45) is 0. The van der Waals surface area contributed by atoms with Crippen LogP contribution in [0, 0.1) is 0 Å². The van der Waals surface area contributed by atoms with Gasteiger partial charge in [-0.25, -0.2) is 9.79 Å². The van der Waals surface area contributed by atoms with Crippen LogP contribution in [0.2, 0.25) is 0 Å². The molecule has 3 rings (SSSR count). The number of nitrogens with zero attached hydrogens (tertiary/aromatic N) is 1. The van der Waals surface area contributed by atoms with Gasteiger partial charge in [0.15, 0.2) is 6.04 Å². The zero-order valence-electron chi connectivity index (χ0n) is 11.8.